The highest BCUT2D eigenvalue weighted by molar-refractivity contribution is 8.06. The smallest absolute Gasteiger partial charge is 0.256 e. The van der Waals surface area contributed by atoms with E-state index in [9.17, 15) is 9.59 Å². The molecule has 1 aliphatic heterocycles. The predicted octanol–water partition coefficient (Wildman–Crippen LogP) is 4.05. The van der Waals surface area contributed by atoms with E-state index in [-0.39, 0.29) is 11.7 Å². The van der Waals surface area contributed by atoms with E-state index in [1.807, 2.05) is 48.5 Å². The Morgan fingerprint density at radius 3 is 2.35 bits per heavy atom. The summed E-state index contributed by atoms with van der Waals surface area (Å²) in [6, 6.07) is 18.6. The number of thioether (sulfide) groups is 1. The molecule has 1 amide bonds. The minimum atomic E-state index is -0.687. The predicted molar refractivity (Wildman–Crippen MR) is 93.1 cm³/mol. The molecule has 1 saturated heterocycles. The molecule has 116 valence electrons. The fourth-order valence-electron chi connectivity index (χ4n) is 2.28. The molecular formula is C18H14ClNO2S. The molecule has 1 heterocycles. The van der Waals surface area contributed by atoms with Crippen molar-refractivity contribution in [2.75, 3.05) is 0 Å². The van der Waals surface area contributed by atoms with Gasteiger partial charge in [0.1, 0.15) is 0 Å². The van der Waals surface area contributed by atoms with Crippen molar-refractivity contribution in [1.29, 1.82) is 0 Å². The molecule has 2 aromatic rings. The van der Waals surface area contributed by atoms with E-state index in [4.69, 9.17) is 11.6 Å². The van der Waals surface area contributed by atoms with Gasteiger partial charge in [-0.2, -0.15) is 0 Å². The van der Waals surface area contributed by atoms with E-state index >= 15 is 0 Å². The zero-order valence-corrected chi connectivity index (χ0v) is 13.8. The maximum absolute atomic E-state index is 12.3. The molecule has 0 spiro atoms. The largest absolute Gasteiger partial charge is 0.300 e. The third kappa shape index (κ3) is 3.66. The van der Waals surface area contributed by atoms with E-state index in [0.29, 0.717) is 17.1 Å². The van der Waals surface area contributed by atoms with Crippen LogP contribution in [0.2, 0.25) is 0 Å². The number of carbonyl (C=O) groups is 2. The number of halogens is 1. The third-order valence-electron chi connectivity index (χ3n) is 3.45. The average Bonchev–Trinajstić information content (AvgIpc) is 2.84. The Hall–Kier alpha value is -2.04. The molecule has 2 aromatic carbocycles. The summed E-state index contributed by atoms with van der Waals surface area (Å²) < 4.78 is -0.687. The van der Waals surface area contributed by atoms with Gasteiger partial charge in [0.2, 0.25) is 0 Å². The summed E-state index contributed by atoms with van der Waals surface area (Å²) in [5.41, 5.74) is 1.58. The van der Waals surface area contributed by atoms with Gasteiger partial charge in [-0.25, -0.2) is 0 Å². The Morgan fingerprint density at radius 1 is 1.09 bits per heavy atom. The fourth-order valence-corrected chi connectivity index (χ4v) is 3.57. The number of benzene rings is 2. The number of amides is 1. The van der Waals surface area contributed by atoms with Gasteiger partial charge in [-0.1, -0.05) is 84.0 Å². The number of carbonyl (C=O) groups excluding carboxylic acids is 2. The Bertz CT molecular complexity index is 746. The lowest BCUT2D eigenvalue weighted by molar-refractivity contribution is -0.126. The van der Waals surface area contributed by atoms with Gasteiger partial charge in [-0.15, -0.1) is 0 Å². The Balaban J connectivity index is 1.85. The van der Waals surface area contributed by atoms with Gasteiger partial charge in [-0.05, 0) is 5.56 Å². The molecule has 0 aromatic heterocycles. The highest BCUT2D eigenvalue weighted by atomic mass is 35.5. The standard InChI is InChI=1S/C18H14ClNO2S/c19-17-18(22)20(12-13-7-3-1-4-8-13)16(23-17)11-15(21)14-9-5-2-6-10-14/h1-11,17H,12H2/b16-11-. The van der Waals surface area contributed by atoms with Crippen molar-refractivity contribution >= 4 is 35.1 Å². The van der Waals surface area contributed by atoms with Crippen molar-refractivity contribution < 1.29 is 9.59 Å². The topological polar surface area (TPSA) is 37.4 Å². The zero-order chi connectivity index (χ0) is 16.2. The SMILES string of the molecule is O=C(/C=C1\SC(Cl)C(=O)N1Cc1ccccc1)c1ccccc1. The summed E-state index contributed by atoms with van der Waals surface area (Å²) in [5.74, 6) is -0.322. The van der Waals surface area contributed by atoms with Crippen LogP contribution < -0.4 is 0 Å². The maximum atomic E-state index is 12.3. The molecule has 5 heteroatoms. The van der Waals surface area contributed by atoms with Crippen LogP contribution in [0, 0.1) is 0 Å². The number of ketones is 1. The molecule has 3 rings (SSSR count). The Kier molecular flexibility index (Phi) is 4.84. The molecule has 0 radical (unpaired) electrons. The lowest BCUT2D eigenvalue weighted by Crippen LogP contribution is -2.26. The second-order valence-electron chi connectivity index (χ2n) is 5.06. The lowest BCUT2D eigenvalue weighted by atomic mass is 10.1. The molecule has 0 saturated carbocycles. The van der Waals surface area contributed by atoms with Crippen molar-refractivity contribution in [3.8, 4) is 0 Å². The maximum Gasteiger partial charge on any atom is 0.256 e. The van der Waals surface area contributed by atoms with Crippen LogP contribution in [-0.2, 0) is 11.3 Å². The van der Waals surface area contributed by atoms with Crippen LogP contribution in [0.3, 0.4) is 0 Å². The number of nitrogens with zero attached hydrogens (tertiary/aromatic N) is 1. The zero-order valence-electron chi connectivity index (χ0n) is 12.2. The molecular weight excluding hydrogens is 330 g/mol. The van der Waals surface area contributed by atoms with Gasteiger partial charge < -0.3 is 4.90 Å². The summed E-state index contributed by atoms with van der Waals surface area (Å²) in [6.45, 7) is 0.407. The molecule has 1 unspecified atom stereocenters. The summed E-state index contributed by atoms with van der Waals surface area (Å²) in [4.78, 5) is 26.2. The monoisotopic (exact) mass is 343 g/mol. The number of alkyl halides is 1. The number of hydrogen-bond donors (Lipinski definition) is 0. The first kappa shape index (κ1) is 15.8. The first-order valence-corrected chi connectivity index (χ1v) is 8.44. The van der Waals surface area contributed by atoms with Crippen LogP contribution in [0.4, 0.5) is 0 Å². The normalized spacial score (nSPS) is 19.3. The third-order valence-corrected chi connectivity index (χ3v) is 4.89. The van der Waals surface area contributed by atoms with Gasteiger partial charge in [0.05, 0.1) is 11.6 Å². The lowest BCUT2D eigenvalue weighted by Gasteiger charge is -2.17. The highest BCUT2D eigenvalue weighted by Gasteiger charge is 2.35. The summed E-state index contributed by atoms with van der Waals surface area (Å²) in [5, 5.41) is 0.590. The molecule has 1 atom stereocenters. The van der Waals surface area contributed by atoms with Gasteiger partial charge in [0.15, 0.2) is 10.5 Å². The van der Waals surface area contributed by atoms with E-state index in [1.54, 1.807) is 17.0 Å². The molecule has 0 bridgehead atoms. The van der Waals surface area contributed by atoms with Crippen LogP contribution in [0.15, 0.2) is 71.8 Å². The first-order valence-electron chi connectivity index (χ1n) is 7.12. The van der Waals surface area contributed by atoms with Gasteiger partial charge >= 0.3 is 0 Å². The molecule has 0 aliphatic carbocycles. The minimum absolute atomic E-state index is 0.135. The second-order valence-corrected chi connectivity index (χ2v) is 6.88. The van der Waals surface area contributed by atoms with Gasteiger partial charge in [0, 0.05) is 11.6 Å². The average molecular weight is 344 g/mol. The second kappa shape index (κ2) is 7.02. The molecule has 1 fully saturated rings. The van der Waals surface area contributed by atoms with E-state index < -0.39 is 4.71 Å². The summed E-state index contributed by atoms with van der Waals surface area (Å²) >= 11 is 7.27. The number of hydrogen-bond acceptors (Lipinski definition) is 3. The van der Waals surface area contributed by atoms with E-state index in [1.165, 1.54) is 17.8 Å². The van der Waals surface area contributed by atoms with E-state index in [0.717, 1.165) is 5.56 Å². The van der Waals surface area contributed by atoms with E-state index in [2.05, 4.69) is 0 Å². The van der Waals surface area contributed by atoms with Crippen molar-refractivity contribution in [1.82, 2.24) is 4.90 Å². The van der Waals surface area contributed by atoms with Crippen LogP contribution in [0.25, 0.3) is 0 Å². The number of rotatable bonds is 4. The van der Waals surface area contributed by atoms with Crippen LogP contribution in [0.5, 0.6) is 0 Å². The van der Waals surface area contributed by atoms with Gasteiger partial charge in [0.25, 0.3) is 5.91 Å². The van der Waals surface area contributed by atoms with Crippen molar-refractivity contribution in [3.63, 3.8) is 0 Å². The molecule has 3 nitrogen and oxygen atoms in total. The Labute approximate surface area is 143 Å². The van der Waals surface area contributed by atoms with Crippen molar-refractivity contribution in [2.24, 2.45) is 0 Å². The first-order chi connectivity index (χ1) is 11.1. The van der Waals surface area contributed by atoms with Crippen molar-refractivity contribution in [2.45, 2.75) is 11.3 Å². The number of allylic oxidation sites excluding steroid dienone is 1. The van der Waals surface area contributed by atoms with Crippen LogP contribution in [0.1, 0.15) is 15.9 Å². The van der Waals surface area contributed by atoms with Crippen molar-refractivity contribution in [3.05, 3.63) is 82.9 Å². The molecule has 23 heavy (non-hydrogen) atoms. The molecule has 1 aliphatic rings. The molecule has 0 N–H and O–H groups in total. The summed E-state index contributed by atoms with van der Waals surface area (Å²) in [7, 11) is 0. The summed E-state index contributed by atoms with van der Waals surface area (Å²) in [6.07, 6.45) is 1.49. The Morgan fingerprint density at radius 2 is 1.70 bits per heavy atom. The quantitative estimate of drug-likeness (QED) is 0.477. The van der Waals surface area contributed by atoms with Gasteiger partial charge in [-0.3, -0.25) is 9.59 Å². The van der Waals surface area contributed by atoms with Crippen LogP contribution in [-0.4, -0.2) is 21.3 Å². The fraction of sp³-hybridized carbons (Fsp3) is 0.111. The minimum Gasteiger partial charge on any atom is -0.300 e. The highest BCUT2D eigenvalue weighted by Crippen LogP contribution is 2.38. The van der Waals surface area contributed by atoms with Crippen LogP contribution >= 0.6 is 23.4 Å².